The molecule has 1 N–H and O–H groups in total. The number of amides is 1. The molecule has 0 saturated carbocycles. The summed E-state index contributed by atoms with van der Waals surface area (Å²) >= 11 is 0. The van der Waals surface area contributed by atoms with E-state index in [1.807, 2.05) is 13.8 Å². The van der Waals surface area contributed by atoms with Crippen LogP contribution in [0.3, 0.4) is 0 Å². The molecule has 1 saturated heterocycles. The minimum Gasteiger partial charge on any atom is -0.310 e. The molecule has 0 radical (unpaired) electrons. The van der Waals surface area contributed by atoms with Crippen LogP contribution in [0, 0.1) is 5.92 Å². The average molecular weight is 370 g/mol. The number of hydrogen-bond donors (Lipinski definition) is 1. The summed E-state index contributed by atoms with van der Waals surface area (Å²) in [5.74, 6) is -2.13. The molecule has 8 heteroatoms. The van der Waals surface area contributed by atoms with Gasteiger partial charge >= 0.3 is 0 Å². The first-order valence-electron chi connectivity index (χ1n) is 9.72. The standard InChI is InChI=1S/C17H25N3O4S/c1-13(2)8-9-17(22)20(14-6-5-10-18-12-15(14)21)25(23,24)16-7-3-4-11-19-16/h3-4,7,11,13-14,18H,5-6,8-10,12H2,1-2H3/t14-/m0/s1/i12D2,14D. The fourth-order valence-electron chi connectivity index (χ4n) is 2.40. The van der Waals surface area contributed by atoms with Gasteiger partial charge in [-0.15, -0.1) is 0 Å². The Kier molecular flexibility index (Phi) is 5.27. The highest BCUT2D eigenvalue weighted by molar-refractivity contribution is 7.89. The van der Waals surface area contributed by atoms with Gasteiger partial charge in [-0.05, 0) is 43.9 Å². The quantitative estimate of drug-likeness (QED) is 0.812. The molecule has 2 heterocycles. The summed E-state index contributed by atoms with van der Waals surface area (Å²) in [5.41, 5.74) is 0. The lowest BCUT2D eigenvalue weighted by molar-refractivity contribution is -0.134. The third-order valence-electron chi connectivity index (χ3n) is 3.73. The Balaban J connectivity index is 2.60. The summed E-state index contributed by atoms with van der Waals surface area (Å²) in [6.45, 7) is 1.17. The molecule has 2 rings (SSSR count). The van der Waals surface area contributed by atoms with Crippen molar-refractivity contribution in [1.29, 1.82) is 0 Å². The maximum absolute atomic E-state index is 13.2. The molecule has 1 aliphatic rings. The average Bonchev–Trinajstić information content (AvgIpc) is 2.72. The Labute approximate surface area is 153 Å². The Morgan fingerprint density at radius 3 is 2.92 bits per heavy atom. The largest absolute Gasteiger partial charge is 0.310 e. The lowest BCUT2D eigenvalue weighted by atomic mass is 10.1. The van der Waals surface area contributed by atoms with E-state index < -0.39 is 39.3 Å². The van der Waals surface area contributed by atoms with Crippen LogP contribution in [0.4, 0.5) is 0 Å². The van der Waals surface area contributed by atoms with E-state index in [4.69, 9.17) is 4.11 Å². The first-order chi connectivity index (χ1) is 12.9. The smallest absolute Gasteiger partial charge is 0.284 e. The van der Waals surface area contributed by atoms with Crippen LogP contribution in [-0.4, -0.2) is 48.5 Å². The zero-order chi connectivity index (χ0) is 21.2. The Morgan fingerprint density at radius 1 is 1.52 bits per heavy atom. The summed E-state index contributed by atoms with van der Waals surface area (Å²) in [7, 11) is -4.64. The number of Topliss-reactive ketones (excluding diaryl/α,β-unsaturated/α-hetero) is 1. The van der Waals surface area contributed by atoms with Crippen LogP contribution < -0.4 is 5.32 Å². The second-order valence-electron chi connectivity index (χ2n) is 6.19. The van der Waals surface area contributed by atoms with Crippen LogP contribution in [-0.2, 0) is 19.6 Å². The highest BCUT2D eigenvalue weighted by Crippen LogP contribution is 2.23. The number of nitrogens with zero attached hydrogens (tertiary/aromatic N) is 2. The van der Waals surface area contributed by atoms with Gasteiger partial charge in [-0.25, -0.2) is 9.29 Å². The van der Waals surface area contributed by atoms with Gasteiger partial charge in [0.2, 0.25) is 5.91 Å². The van der Waals surface area contributed by atoms with Crippen LogP contribution in [0.2, 0.25) is 0 Å². The maximum Gasteiger partial charge on any atom is 0.284 e. The van der Waals surface area contributed by atoms with Crippen molar-refractivity contribution in [2.45, 2.75) is 50.6 Å². The van der Waals surface area contributed by atoms with E-state index in [1.54, 1.807) is 0 Å². The zero-order valence-electron chi connectivity index (χ0n) is 17.4. The fraction of sp³-hybridized carbons (Fsp3) is 0.588. The number of rotatable bonds is 6. The number of pyridine rings is 1. The van der Waals surface area contributed by atoms with Gasteiger partial charge in [0.25, 0.3) is 10.0 Å². The van der Waals surface area contributed by atoms with Gasteiger partial charge in [0, 0.05) is 12.6 Å². The van der Waals surface area contributed by atoms with Gasteiger partial charge in [0.1, 0.15) is 6.02 Å². The van der Waals surface area contributed by atoms with Crippen LogP contribution in [0.25, 0.3) is 0 Å². The lowest BCUT2D eigenvalue weighted by Crippen LogP contribution is -2.49. The van der Waals surface area contributed by atoms with Crippen LogP contribution in [0.5, 0.6) is 0 Å². The molecule has 1 atom stereocenters. The van der Waals surface area contributed by atoms with Gasteiger partial charge in [-0.3, -0.25) is 9.59 Å². The van der Waals surface area contributed by atoms with Gasteiger partial charge in [0.15, 0.2) is 10.8 Å². The second kappa shape index (κ2) is 8.53. The fourth-order valence-corrected chi connectivity index (χ4v) is 3.86. The van der Waals surface area contributed by atoms with Gasteiger partial charge < -0.3 is 5.32 Å². The molecule has 1 aromatic heterocycles. The minimum absolute atomic E-state index is 0.0804. The highest BCUT2D eigenvalue weighted by Gasteiger charge is 2.39. The summed E-state index contributed by atoms with van der Waals surface area (Å²) in [4.78, 5) is 29.6. The van der Waals surface area contributed by atoms with Crippen LogP contribution in [0.15, 0.2) is 29.4 Å². The summed E-state index contributed by atoms with van der Waals surface area (Å²) in [6, 6.07) is 1.50. The summed E-state index contributed by atoms with van der Waals surface area (Å²) < 4.78 is 51.1. The van der Waals surface area contributed by atoms with E-state index >= 15 is 0 Å². The monoisotopic (exact) mass is 370 g/mol. The Bertz CT molecular complexity index is 833. The van der Waals surface area contributed by atoms with E-state index in [0.717, 1.165) is 0 Å². The summed E-state index contributed by atoms with van der Waals surface area (Å²) in [5, 5.41) is 1.91. The predicted octanol–water partition coefficient (Wildman–Crippen LogP) is 1.36. The maximum atomic E-state index is 13.2. The number of nitrogens with one attached hydrogen (secondary N) is 1. The molecule has 0 aromatic carbocycles. The molecule has 25 heavy (non-hydrogen) atoms. The molecular formula is C17H25N3O4S. The van der Waals surface area contributed by atoms with Crippen molar-refractivity contribution in [2.75, 3.05) is 13.0 Å². The number of sulfonamides is 1. The number of aromatic nitrogens is 1. The second-order valence-corrected chi connectivity index (χ2v) is 7.93. The van der Waals surface area contributed by atoms with Crippen LogP contribution >= 0.6 is 0 Å². The molecule has 1 fully saturated rings. The molecule has 0 spiro atoms. The van der Waals surface area contributed by atoms with E-state index in [9.17, 15) is 18.0 Å². The van der Waals surface area contributed by atoms with Crippen molar-refractivity contribution in [3.05, 3.63) is 24.4 Å². The molecule has 1 aromatic rings. The molecule has 7 nitrogen and oxygen atoms in total. The van der Waals surface area contributed by atoms with Crippen molar-refractivity contribution in [2.24, 2.45) is 5.92 Å². The van der Waals surface area contributed by atoms with Gasteiger partial charge in [0.05, 0.1) is 10.6 Å². The van der Waals surface area contributed by atoms with E-state index in [0.29, 0.717) is 6.42 Å². The first-order valence-corrected chi connectivity index (χ1v) is 9.66. The minimum atomic E-state index is -4.64. The van der Waals surface area contributed by atoms with E-state index in [-0.39, 0.29) is 36.0 Å². The third-order valence-corrected chi connectivity index (χ3v) is 5.40. The topological polar surface area (TPSA) is 96.4 Å². The molecule has 138 valence electrons. The summed E-state index contributed by atoms with van der Waals surface area (Å²) in [6.07, 6.45) is 1.25. The van der Waals surface area contributed by atoms with Crippen molar-refractivity contribution < 1.29 is 22.1 Å². The SMILES string of the molecule is [2H]C1([2H])NCCC[C@]([2H])(N(C(=O)CCC(C)C)S(=O)(=O)c2ccccn2)C1=O. The van der Waals surface area contributed by atoms with Crippen molar-refractivity contribution in [1.82, 2.24) is 14.6 Å². The number of hydrogen-bond acceptors (Lipinski definition) is 6. The van der Waals surface area contributed by atoms with E-state index in [2.05, 4.69) is 10.3 Å². The molecule has 0 unspecified atom stereocenters. The Hall–Kier alpha value is -1.80. The zero-order valence-corrected chi connectivity index (χ0v) is 15.2. The number of ketones is 1. The molecule has 0 bridgehead atoms. The first kappa shape index (κ1) is 15.5. The molecular weight excluding hydrogens is 342 g/mol. The molecule has 1 aliphatic heterocycles. The number of carbonyl (C=O) groups is 2. The third kappa shape index (κ3) is 4.85. The predicted molar refractivity (Wildman–Crippen MR) is 93.2 cm³/mol. The molecule has 0 aliphatic carbocycles. The van der Waals surface area contributed by atoms with Crippen LogP contribution in [0.1, 0.15) is 43.6 Å². The van der Waals surface area contributed by atoms with Crippen molar-refractivity contribution in [3.8, 4) is 0 Å². The normalized spacial score (nSPS) is 25.6. The van der Waals surface area contributed by atoms with Gasteiger partial charge in [-0.1, -0.05) is 19.9 Å². The van der Waals surface area contributed by atoms with Gasteiger partial charge in [-0.2, -0.15) is 8.42 Å². The van der Waals surface area contributed by atoms with Crippen molar-refractivity contribution >= 4 is 21.7 Å². The lowest BCUT2D eigenvalue weighted by Gasteiger charge is -2.29. The van der Waals surface area contributed by atoms with E-state index in [1.165, 1.54) is 24.4 Å². The molecule has 1 amide bonds. The highest BCUT2D eigenvalue weighted by atomic mass is 32.2. The number of carbonyl (C=O) groups excluding carboxylic acids is 2. The van der Waals surface area contributed by atoms with Crippen molar-refractivity contribution in [3.63, 3.8) is 0 Å². The Morgan fingerprint density at radius 2 is 2.28 bits per heavy atom.